The van der Waals surface area contributed by atoms with Crippen LogP contribution in [-0.2, 0) is 11.3 Å². The normalized spacial score (nSPS) is 10.7. The van der Waals surface area contributed by atoms with Crippen molar-refractivity contribution in [3.05, 3.63) is 54.0 Å². The summed E-state index contributed by atoms with van der Waals surface area (Å²) in [5.74, 6) is -0.229. The lowest BCUT2D eigenvalue weighted by Gasteiger charge is -2.08. The van der Waals surface area contributed by atoms with E-state index in [0.717, 1.165) is 5.56 Å². The van der Waals surface area contributed by atoms with Gasteiger partial charge in [0.25, 0.3) is 0 Å². The van der Waals surface area contributed by atoms with Gasteiger partial charge in [0.2, 0.25) is 5.91 Å². The van der Waals surface area contributed by atoms with E-state index in [1.165, 1.54) is 17.9 Å². The number of fused-ring (bicyclic) bond motifs is 1. The van der Waals surface area contributed by atoms with Crippen LogP contribution in [0.2, 0.25) is 0 Å². The van der Waals surface area contributed by atoms with Gasteiger partial charge in [0.15, 0.2) is 16.7 Å². The number of hydrogen-bond donors (Lipinski definition) is 2. The number of amides is 1. The van der Waals surface area contributed by atoms with Crippen LogP contribution < -0.4 is 10.9 Å². The zero-order valence-corrected chi connectivity index (χ0v) is 11.4. The molecule has 21 heavy (non-hydrogen) atoms. The Kier molecular flexibility index (Phi) is 3.23. The minimum absolute atomic E-state index is 0.0700. The standard InChI is InChI=1S/C14H14N6O/c1-10(21)18-20-9-17-14-12(20)13(15)16-8-19(14)7-11-5-3-2-4-6-11/h2-6,8-9,15H,7H2,1H3,(H,18,21). The van der Waals surface area contributed by atoms with Crippen molar-refractivity contribution < 1.29 is 4.79 Å². The maximum absolute atomic E-state index is 11.2. The van der Waals surface area contributed by atoms with E-state index in [4.69, 9.17) is 5.41 Å². The molecule has 0 aliphatic carbocycles. The van der Waals surface area contributed by atoms with Gasteiger partial charge in [-0.05, 0) is 5.56 Å². The SMILES string of the molecule is CC(=O)Nn1cnc2c1c(=N)ncn2Cc1ccccc1. The predicted octanol–water partition coefficient (Wildman–Crippen LogP) is 0.851. The molecule has 7 heteroatoms. The van der Waals surface area contributed by atoms with Gasteiger partial charge in [-0.2, -0.15) is 0 Å². The first kappa shape index (κ1) is 13.0. The predicted molar refractivity (Wildman–Crippen MR) is 77.0 cm³/mol. The number of imidazole rings is 1. The highest BCUT2D eigenvalue weighted by Gasteiger charge is 2.10. The highest BCUT2D eigenvalue weighted by atomic mass is 16.2. The molecule has 1 aromatic carbocycles. The third-order valence-corrected chi connectivity index (χ3v) is 3.04. The largest absolute Gasteiger partial charge is 0.311 e. The van der Waals surface area contributed by atoms with Gasteiger partial charge in [0, 0.05) is 6.92 Å². The first-order valence-electron chi connectivity index (χ1n) is 6.44. The molecule has 0 aliphatic heterocycles. The van der Waals surface area contributed by atoms with Crippen LogP contribution in [0.3, 0.4) is 0 Å². The Morgan fingerprint density at radius 1 is 1.24 bits per heavy atom. The molecule has 0 radical (unpaired) electrons. The van der Waals surface area contributed by atoms with Gasteiger partial charge in [-0.3, -0.25) is 15.6 Å². The molecule has 7 nitrogen and oxygen atoms in total. The Morgan fingerprint density at radius 2 is 2.00 bits per heavy atom. The van der Waals surface area contributed by atoms with Crippen LogP contribution in [0.1, 0.15) is 12.5 Å². The fourth-order valence-electron chi connectivity index (χ4n) is 2.16. The molecular formula is C14H14N6O. The van der Waals surface area contributed by atoms with Gasteiger partial charge in [0.05, 0.1) is 12.9 Å². The summed E-state index contributed by atoms with van der Waals surface area (Å²) < 4.78 is 3.27. The van der Waals surface area contributed by atoms with Crippen molar-refractivity contribution in [3.8, 4) is 0 Å². The van der Waals surface area contributed by atoms with Crippen molar-refractivity contribution in [1.82, 2.24) is 19.2 Å². The van der Waals surface area contributed by atoms with E-state index in [1.807, 2.05) is 34.9 Å². The first-order chi connectivity index (χ1) is 10.1. The van der Waals surface area contributed by atoms with Crippen molar-refractivity contribution in [2.24, 2.45) is 0 Å². The minimum Gasteiger partial charge on any atom is -0.311 e. The molecular weight excluding hydrogens is 268 g/mol. The second-order valence-electron chi connectivity index (χ2n) is 4.66. The highest BCUT2D eigenvalue weighted by molar-refractivity contribution is 5.83. The molecule has 0 atom stereocenters. The van der Waals surface area contributed by atoms with Crippen molar-refractivity contribution in [3.63, 3.8) is 0 Å². The summed E-state index contributed by atoms with van der Waals surface area (Å²) >= 11 is 0. The second kappa shape index (κ2) is 5.20. The Bertz CT molecular complexity index is 849. The van der Waals surface area contributed by atoms with E-state index in [1.54, 1.807) is 6.33 Å². The van der Waals surface area contributed by atoms with Crippen LogP contribution in [0.4, 0.5) is 0 Å². The average Bonchev–Trinajstić information content (AvgIpc) is 2.87. The molecule has 2 heterocycles. The van der Waals surface area contributed by atoms with E-state index >= 15 is 0 Å². The van der Waals surface area contributed by atoms with Gasteiger partial charge in [-0.25, -0.2) is 14.6 Å². The lowest BCUT2D eigenvalue weighted by molar-refractivity contribution is -0.115. The fraction of sp³-hybridized carbons (Fsp3) is 0.143. The summed E-state index contributed by atoms with van der Waals surface area (Å²) in [5.41, 5.74) is 4.86. The summed E-state index contributed by atoms with van der Waals surface area (Å²) in [6.45, 7) is 2.01. The zero-order valence-electron chi connectivity index (χ0n) is 11.4. The monoisotopic (exact) mass is 282 g/mol. The summed E-state index contributed by atoms with van der Waals surface area (Å²) in [5, 5.41) is 7.91. The molecule has 0 fully saturated rings. The van der Waals surface area contributed by atoms with Crippen LogP contribution in [0.15, 0.2) is 43.0 Å². The summed E-state index contributed by atoms with van der Waals surface area (Å²) in [6.07, 6.45) is 3.07. The number of benzene rings is 1. The lowest BCUT2D eigenvalue weighted by Crippen LogP contribution is -2.23. The second-order valence-corrected chi connectivity index (χ2v) is 4.66. The van der Waals surface area contributed by atoms with Crippen LogP contribution >= 0.6 is 0 Å². The molecule has 2 aromatic heterocycles. The van der Waals surface area contributed by atoms with Crippen LogP contribution in [0.5, 0.6) is 0 Å². The molecule has 0 bridgehead atoms. The number of nitrogens with zero attached hydrogens (tertiary/aromatic N) is 4. The maximum Gasteiger partial charge on any atom is 0.235 e. The third kappa shape index (κ3) is 2.53. The van der Waals surface area contributed by atoms with Gasteiger partial charge < -0.3 is 4.57 Å². The number of carbonyl (C=O) groups is 1. The average molecular weight is 282 g/mol. The number of aromatic nitrogens is 4. The van der Waals surface area contributed by atoms with E-state index in [9.17, 15) is 4.79 Å². The fourth-order valence-corrected chi connectivity index (χ4v) is 2.16. The van der Waals surface area contributed by atoms with Crippen LogP contribution in [-0.4, -0.2) is 25.1 Å². The molecule has 106 valence electrons. The number of hydrogen-bond acceptors (Lipinski definition) is 4. The van der Waals surface area contributed by atoms with Crippen molar-refractivity contribution in [2.75, 3.05) is 5.43 Å². The van der Waals surface area contributed by atoms with E-state index in [2.05, 4.69) is 15.4 Å². The highest BCUT2D eigenvalue weighted by Crippen LogP contribution is 2.09. The Balaban J connectivity index is 2.09. The third-order valence-electron chi connectivity index (χ3n) is 3.04. The van der Waals surface area contributed by atoms with E-state index in [0.29, 0.717) is 17.7 Å². The van der Waals surface area contributed by atoms with E-state index < -0.39 is 0 Å². The molecule has 0 unspecified atom stereocenters. The molecule has 3 rings (SSSR count). The Morgan fingerprint density at radius 3 is 2.71 bits per heavy atom. The molecule has 0 aliphatic rings. The topological polar surface area (TPSA) is 88.6 Å². The van der Waals surface area contributed by atoms with Gasteiger partial charge in [-0.1, -0.05) is 30.3 Å². The molecule has 3 aromatic rings. The van der Waals surface area contributed by atoms with Gasteiger partial charge in [0.1, 0.15) is 6.33 Å². The molecule has 0 saturated carbocycles. The summed E-state index contributed by atoms with van der Waals surface area (Å²) in [4.78, 5) is 19.5. The lowest BCUT2D eigenvalue weighted by atomic mass is 10.2. The first-order valence-corrected chi connectivity index (χ1v) is 6.44. The zero-order chi connectivity index (χ0) is 14.8. The van der Waals surface area contributed by atoms with Crippen LogP contribution in [0.25, 0.3) is 11.2 Å². The smallest absolute Gasteiger partial charge is 0.235 e. The minimum atomic E-state index is -0.229. The Hall–Kier alpha value is -2.96. The molecule has 1 amide bonds. The van der Waals surface area contributed by atoms with Crippen LogP contribution in [0, 0.1) is 5.41 Å². The number of rotatable bonds is 3. The summed E-state index contributed by atoms with van der Waals surface area (Å²) in [6, 6.07) is 9.92. The molecule has 0 saturated heterocycles. The van der Waals surface area contributed by atoms with Crippen molar-refractivity contribution in [2.45, 2.75) is 13.5 Å². The van der Waals surface area contributed by atoms with Gasteiger partial charge in [-0.15, -0.1) is 0 Å². The quantitative estimate of drug-likeness (QED) is 0.746. The number of nitrogens with one attached hydrogen (secondary N) is 2. The van der Waals surface area contributed by atoms with Crippen molar-refractivity contribution >= 4 is 17.1 Å². The maximum atomic E-state index is 11.2. The summed E-state index contributed by atoms with van der Waals surface area (Å²) in [7, 11) is 0. The molecule has 2 N–H and O–H groups in total. The van der Waals surface area contributed by atoms with Gasteiger partial charge >= 0.3 is 0 Å². The van der Waals surface area contributed by atoms with E-state index in [-0.39, 0.29) is 11.4 Å². The number of carbonyl (C=O) groups excluding carboxylic acids is 1. The Labute approximate surface area is 120 Å². The van der Waals surface area contributed by atoms with Crippen molar-refractivity contribution in [1.29, 1.82) is 5.41 Å². The molecule has 0 spiro atoms.